The van der Waals surface area contributed by atoms with Crippen molar-refractivity contribution in [3.05, 3.63) is 58.0 Å². The molecule has 1 nitrogen and oxygen atoms in total. The highest BCUT2D eigenvalue weighted by molar-refractivity contribution is 6.18. The molecule has 0 atom stereocenters. The molecule has 0 N–H and O–H groups in total. The lowest BCUT2D eigenvalue weighted by Gasteiger charge is -2.08. The second kappa shape index (κ2) is 3.30. The molecule has 1 heteroatoms. The van der Waals surface area contributed by atoms with Gasteiger partial charge in [0.05, 0.1) is 0 Å². The maximum absolute atomic E-state index is 11.4. The number of carbonyl (C=O) groups excluding carboxylic acids is 1. The van der Waals surface area contributed by atoms with Crippen molar-refractivity contribution in [1.82, 2.24) is 0 Å². The fraction of sp³-hybridized carbons (Fsp3) is 0. The molecule has 4 rings (SSSR count). The lowest BCUT2D eigenvalue weighted by molar-refractivity contribution is -0.109. The standard InChI is InChI=1S/C17H10O/c18-13-6-9-15-12(10-13)5-8-16-14-3-1-2-11(14)4-7-17(15)16/h1-10H. The van der Waals surface area contributed by atoms with Gasteiger partial charge in [-0.25, -0.2) is 0 Å². The Hall–Kier alpha value is -2.41. The third-order valence-corrected chi connectivity index (χ3v) is 3.60. The Balaban J connectivity index is 2.22. The van der Waals surface area contributed by atoms with Crippen LogP contribution in [0, 0.1) is 0 Å². The first-order valence-corrected chi connectivity index (χ1v) is 6.01. The van der Waals surface area contributed by atoms with Crippen LogP contribution >= 0.6 is 0 Å². The van der Waals surface area contributed by atoms with Crippen molar-refractivity contribution in [2.75, 3.05) is 0 Å². The summed E-state index contributed by atoms with van der Waals surface area (Å²) in [6.07, 6.45) is 11.6. The summed E-state index contributed by atoms with van der Waals surface area (Å²) in [6.45, 7) is 0. The molecule has 0 aromatic heterocycles. The first kappa shape index (κ1) is 9.60. The summed E-state index contributed by atoms with van der Waals surface area (Å²) in [4.78, 5) is 11.4. The quantitative estimate of drug-likeness (QED) is 0.676. The molecule has 2 aromatic carbocycles. The Kier molecular flexibility index (Phi) is 1.76. The van der Waals surface area contributed by atoms with Crippen LogP contribution in [0.3, 0.4) is 0 Å². The van der Waals surface area contributed by atoms with Gasteiger partial charge < -0.3 is 0 Å². The molecule has 2 aliphatic rings. The minimum atomic E-state index is 0.0660. The Morgan fingerprint density at radius 1 is 0.722 bits per heavy atom. The van der Waals surface area contributed by atoms with E-state index in [1.165, 1.54) is 21.6 Å². The summed E-state index contributed by atoms with van der Waals surface area (Å²) in [5.41, 5.74) is 2.43. The van der Waals surface area contributed by atoms with Crippen LogP contribution in [0.1, 0.15) is 11.1 Å². The highest BCUT2D eigenvalue weighted by Gasteiger charge is 2.09. The lowest BCUT2D eigenvalue weighted by atomic mass is 9.95. The van der Waals surface area contributed by atoms with Crippen molar-refractivity contribution in [3.8, 4) is 0 Å². The maximum Gasteiger partial charge on any atom is 0.179 e. The Morgan fingerprint density at radius 3 is 2.28 bits per heavy atom. The zero-order valence-electron chi connectivity index (χ0n) is 9.68. The number of fused-ring (bicyclic) bond motifs is 5. The van der Waals surface area contributed by atoms with Gasteiger partial charge in [0.25, 0.3) is 0 Å². The number of ketones is 1. The molecule has 2 aliphatic carbocycles. The number of rotatable bonds is 0. The Morgan fingerprint density at radius 2 is 1.44 bits per heavy atom. The molecule has 0 fully saturated rings. The number of hydrogen-bond acceptors (Lipinski definition) is 1. The minimum Gasteiger partial charge on any atom is -0.290 e. The van der Waals surface area contributed by atoms with Crippen LogP contribution in [0.4, 0.5) is 0 Å². The summed E-state index contributed by atoms with van der Waals surface area (Å²) in [5, 5.41) is 4.75. The molecule has 0 saturated heterocycles. The summed E-state index contributed by atoms with van der Waals surface area (Å²) in [6, 6.07) is 8.43. The summed E-state index contributed by atoms with van der Waals surface area (Å²) in [7, 11) is 0. The zero-order chi connectivity index (χ0) is 12.1. The van der Waals surface area contributed by atoms with E-state index in [9.17, 15) is 4.79 Å². The molecule has 0 heterocycles. The van der Waals surface area contributed by atoms with Gasteiger partial charge in [-0.05, 0) is 50.6 Å². The summed E-state index contributed by atoms with van der Waals surface area (Å²) >= 11 is 0. The van der Waals surface area contributed by atoms with E-state index in [1.807, 2.05) is 12.1 Å². The van der Waals surface area contributed by atoms with E-state index in [0.29, 0.717) is 0 Å². The molecule has 0 amide bonds. The van der Waals surface area contributed by atoms with Gasteiger partial charge >= 0.3 is 0 Å². The first-order valence-electron chi connectivity index (χ1n) is 6.01. The van der Waals surface area contributed by atoms with E-state index in [4.69, 9.17) is 0 Å². The second-order valence-corrected chi connectivity index (χ2v) is 4.64. The van der Waals surface area contributed by atoms with Gasteiger partial charge in [0.15, 0.2) is 5.78 Å². The molecule has 0 aliphatic heterocycles. The zero-order valence-corrected chi connectivity index (χ0v) is 9.68. The van der Waals surface area contributed by atoms with E-state index in [2.05, 4.69) is 36.4 Å². The monoisotopic (exact) mass is 230 g/mol. The molecule has 0 radical (unpaired) electrons. The molecular weight excluding hydrogens is 220 g/mol. The van der Waals surface area contributed by atoms with Crippen LogP contribution in [0.2, 0.25) is 0 Å². The van der Waals surface area contributed by atoms with Gasteiger partial charge in [0, 0.05) is 0 Å². The Bertz CT molecular complexity index is 880. The third kappa shape index (κ3) is 1.19. The normalized spacial score (nSPS) is 15.2. The van der Waals surface area contributed by atoms with Gasteiger partial charge in [0.2, 0.25) is 0 Å². The van der Waals surface area contributed by atoms with Gasteiger partial charge in [0.1, 0.15) is 0 Å². The predicted molar refractivity (Wildman–Crippen MR) is 75.2 cm³/mol. The Labute approximate surface area is 104 Å². The average Bonchev–Trinajstić information content (AvgIpc) is 2.86. The van der Waals surface area contributed by atoms with E-state index in [1.54, 1.807) is 12.2 Å². The fourth-order valence-electron chi connectivity index (χ4n) is 2.74. The molecule has 18 heavy (non-hydrogen) atoms. The molecule has 2 aromatic rings. The summed E-state index contributed by atoms with van der Waals surface area (Å²) in [5.74, 6) is 0.0660. The molecule has 0 bridgehead atoms. The van der Waals surface area contributed by atoms with Crippen LogP contribution in [0.25, 0.3) is 35.1 Å². The van der Waals surface area contributed by atoms with E-state index >= 15 is 0 Å². The average molecular weight is 230 g/mol. The number of carbonyl (C=O) groups is 1. The highest BCUT2D eigenvalue weighted by atomic mass is 16.1. The van der Waals surface area contributed by atoms with E-state index < -0.39 is 0 Å². The van der Waals surface area contributed by atoms with Gasteiger partial charge in [-0.2, -0.15) is 0 Å². The van der Waals surface area contributed by atoms with Crippen molar-refractivity contribution >= 4 is 40.9 Å². The SMILES string of the molecule is O=C1C=Cc2c(ccc3c4c(ccc23)=CC=C4)=C1. The van der Waals surface area contributed by atoms with Crippen LogP contribution in [0.5, 0.6) is 0 Å². The van der Waals surface area contributed by atoms with Gasteiger partial charge in [-0.1, -0.05) is 42.5 Å². The molecule has 0 spiro atoms. The largest absolute Gasteiger partial charge is 0.290 e. The van der Waals surface area contributed by atoms with Crippen molar-refractivity contribution in [1.29, 1.82) is 0 Å². The highest BCUT2D eigenvalue weighted by Crippen LogP contribution is 2.22. The molecule has 0 unspecified atom stereocenters. The number of allylic oxidation sites excluding steroid dienone is 2. The van der Waals surface area contributed by atoms with Crippen molar-refractivity contribution in [2.24, 2.45) is 0 Å². The maximum atomic E-state index is 11.4. The topological polar surface area (TPSA) is 17.1 Å². The predicted octanol–water partition coefficient (Wildman–Crippen LogP) is 2.02. The summed E-state index contributed by atoms with van der Waals surface area (Å²) < 4.78 is 0. The fourth-order valence-corrected chi connectivity index (χ4v) is 2.74. The molecular formula is C17H10O. The van der Waals surface area contributed by atoms with E-state index in [0.717, 1.165) is 10.8 Å². The van der Waals surface area contributed by atoms with Gasteiger partial charge in [-0.3, -0.25) is 4.79 Å². The van der Waals surface area contributed by atoms with Crippen LogP contribution in [-0.4, -0.2) is 5.78 Å². The second-order valence-electron chi connectivity index (χ2n) is 4.64. The van der Waals surface area contributed by atoms with Crippen molar-refractivity contribution < 1.29 is 4.79 Å². The lowest BCUT2D eigenvalue weighted by Crippen LogP contribution is -2.13. The van der Waals surface area contributed by atoms with Crippen molar-refractivity contribution in [3.63, 3.8) is 0 Å². The molecule has 0 saturated carbocycles. The van der Waals surface area contributed by atoms with Crippen LogP contribution in [-0.2, 0) is 4.79 Å². The van der Waals surface area contributed by atoms with Crippen molar-refractivity contribution in [2.45, 2.75) is 0 Å². The number of benzene rings is 2. The minimum absolute atomic E-state index is 0.0660. The number of hydrogen-bond donors (Lipinski definition) is 0. The van der Waals surface area contributed by atoms with Crippen LogP contribution < -0.4 is 10.4 Å². The smallest absolute Gasteiger partial charge is 0.179 e. The third-order valence-electron chi connectivity index (χ3n) is 3.60. The first-order chi connectivity index (χ1) is 8.83. The van der Waals surface area contributed by atoms with Gasteiger partial charge in [-0.15, -0.1) is 0 Å². The van der Waals surface area contributed by atoms with E-state index in [-0.39, 0.29) is 5.78 Å². The van der Waals surface area contributed by atoms with Crippen LogP contribution in [0.15, 0.2) is 36.4 Å². The molecule has 84 valence electrons.